The van der Waals surface area contributed by atoms with Gasteiger partial charge < -0.3 is 15.3 Å². The van der Waals surface area contributed by atoms with Crippen molar-refractivity contribution >= 4 is 0 Å². The zero-order valence-corrected chi connectivity index (χ0v) is 8.21. The van der Waals surface area contributed by atoms with E-state index in [-0.39, 0.29) is 0 Å². The lowest BCUT2D eigenvalue weighted by atomic mass is 9.82. The van der Waals surface area contributed by atoms with Crippen molar-refractivity contribution in [3.8, 4) is 0 Å². The van der Waals surface area contributed by atoms with Gasteiger partial charge in [-0.1, -0.05) is 0 Å². The van der Waals surface area contributed by atoms with Gasteiger partial charge in [-0.3, -0.25) is 0 Å². The molecule has 3 heteroatoms. The number of β-amino-alcohol motifs (C(OH)–C–C–N with tert-alkyl or cyclic N) is 1. The van der Waals surface area contributed by atoms with Crippen LogP contribution in [-0.2, 0) is 0 Å². The number of hydrogen-bond acceptors (Lipinski definition) is 3. The van der Waals surface area contributed by atoms with Crippen molar-refractivity contribution in [3.05, 3.63) is 0 Å². The van der Waals surface area contributed by atoms with Gasteiger partial charge in [0.25, 0.3) is 0 Å². The molecule has 1 atom stereocenters. The highest BCUT2D eigenvalue weighted by Gasteiger charge is 2.30. The smallest absolute Gasteiger partial charge is 0.0558 e. The molecule has 3 nitrogen and oxygen atoms in total. The highest BCUT2D eigenvalue weighted by atomic mass is 16.3. The second-order valence-electron chi connectivity index (χ2n) is 4.34. The Hall–Kier alpha value is -0.120. The average Bonchev–Trinajstić information content (AvgIpc) is 2.02. The second kappa shape index (κ2) is 4.40. The van der Waals surface area contributed by atoms with E-state index in [1.54, 1.807) is 0 Å². The number of aliphatic hydroxyl groups is 1. The van der Waals surface area contributed by atoms with Crippen LogP contribution >= 0.6 is 0 Å². The summed E-state index contributed by atoms with van der Waals surface area (Å²) in [7, 11) is 0. The van der Waals surface area contributed by atoms with Gasteiger partial charge in [0.05, 0.1) is 6.61 Å². The third-order valence-electron chi connectivity index (χ3n) is 3.44. The molecule has 0 unspecified atom stereocenters. The minimum absolute atomic E-state index is 0.315. The summed E-state index contributed by atoms with van der Waals surface area (Å²) in [5, 5.41) is 12.2. The van der Waals surface area contributed by atoms with Gasteiger partial charge >= 0.3 is 0 Å². The van der Waals surface area contributed by atoms with Crippen molar-refractivity contribution in [2.75, 3.05) is 39.3 Å². The average molecular weight is 184 g/mol. The summed E-state index contributed by atoms with van der Waals surface area (Å²) in [5.74, 6) is 1.81. The fourth-order valence-corrected chi connectivity index (χ4v) is 2.46. The molecule has 0 saturated carbocycles. The van der Waals surface area contributed by atoms with Gasteiger partial charge in [-0.15, -0.1) is 0 Å². The highest BCUT2D eigenvalue weighted by Crippen LogP contribution is 2.26. The summed E-state index contributed by atoms with van der Waals surface area (Å²) in [6.45, 7) is 6.03. The Morgan fingerprint density at radius 1 is 1.31 bits per heavy atom. The number of likely N-dealkylation sites (tertiary alicyclic amines) is 1. The Bertz CT molecular complexity index is 157. The van der Waals surface area contributed by atoms with E-state index in [2.05, 4.69) is 10.2 Å². The van der Waals surface area contributed by atoms with E-state index in [1.165, 1.54) is 39.0 Å². The molecule has 2 fully saturated rings. The Morgan fingerprint density at radius 2 is 2.15 bits per heavy atom. The van der Waals surface area contributed by atoms with Gasteiger partial charge in [0.1, 0.15) is 0 Å². The molecule has 0 aliphatic carbocycles. The number of hydrogen-bond donors (Lipinski definition) is 2. The predicted molar refractivity (Wildman–Crippen MR) is 52.6 cm³/mol. The van der Waals surface area contributed by atoms with E-state index in [0.717, 1.165) is 18.4 Å². The molecule has 0 bridgehead atoms. The van der Waals surface area contributed by atoms with E-state index in [1.807, 2.05) is 0 Å². The number of aliphatic hydroxyl groups excluding tert-OH is 1. The van der Waals surface area contributed by atoms with E-state index >= 15 is 0 Å². The van der Waals surface area contributed by atoms with Crippen LogP contribution in [0.1, 0.15) is 12.8 Å². The van der Waals surface area contributed by atoms with E-state index in [9.17, 15) is 0 Å². The third kappa shape index (κ3) is 2.22. The van der Waals surface area contributed by atoms with Crippen molar-refractivity contribution in [2.24, 2.45) is 11.8 Å². The molecule has 0 spiro atoms. The van der Waals surface area contributed by atoms with Crippen molar-refractivity contribution < 1.29 is 5.11 Å². The van der Waals surface area contributed by atoms with Gasteiger partial charge in [0, 0.05) is 13.1 Å². The van der Waals surface area contributed by atoms with E-state index < -0.39 is 0 Å². The van der Waals surface area contributed by atoms with Gasteiger partial charge in [-0.25, -0.2) is 0 Å². The van der Waals surface area contributed by atoms with Crippen LogP contribution in [0.5, 0.6) is 0 Å². The Labute approximate surface area is 80.1 Å². The van der Waals surface area contributed by atoms with Crippen LogP contribution in [0.2, 0.25) is 0 Å². The lowest BCUT2D eigenvalue weighted by Crippen LogP contribution is -2.51. The van der Waals surface area contributed by atoms with Crippen molar-refractivity contribution in [2.45, 2.75) is 12.8 Å². The molecule has 0 aromatic heterocycles. The number of piperidine rings is 1. The standard InChI is InChI=1S/C10H20N2O/c13-5-4-12-3-1-2-9(8-12)10-6-11-7-10/h9-11,13H,1-8H2/t9-/m0/s1. The monoisotopic (exact) mass is 184 g/mol. The SMILES string of the molecule is OCCN1CCC[C@H](C2CNC2)C1. The van der Waals surface area contributed by atoms with Gasteiger partial charge in [-0.05, 0) is 44.3 Å². The minimum atomic E-state index is 0.315. The topological polar surface area (TPSA) is 35.5 Å². The van der Waals surface area contributed by atoms with Crippen LogP contribution in [0.25, 0.3) is 0 Å². The third-order valence-corrected chi connectivity index (χ3v) is 3.44. The molecule has 0 radical (unpaired) electrons. The molecule has 2 aliphatic rings. The molecule has 2 saturated heterocycles. The Balaban J connectivity index is 1.77. The molecule has 0 aromatic rings. The molecule has 13 heavy (non-hydrogen) atoms. The highest BCUT2D eigenvalue weighted by molar-refractivity contribution is 4.85. The van der Waals surface area contributed by atoms with Crippen LogP contribution in [0.15, 0.2) is 0 Å². The fourth-order valence-electron chi connectivity index (χ4n) is 2.46. The van der Waals surface area contributed by atoms with Gasteiger partial charge in [0.2, 0.25) is 0 Å². The summed E-state index contributed by atoms with van der Waals surface area (Å²) in [6, 6.07) is 0. The van der Waals surface area contributed by atoms with Crippen LogP contribution < -0.4 is 5.32 Å². The molecule has 2 aliphatic heterocycles. The van der Waals surface area contributed by atoms with Crippen molar-refractivity contribution in [1.29, 1.82) is 0 Å². The molecular weight excluding hydrogens is 164 g/mol. The lowest BCUT2D eigenvalue weighted by molar-refractivity contribution is 0.0929. The molecule has 0 amide bonds. The molecule has 2 N–H and O–H groups in total. The Kier molecular flexibility index (Phi) is 3.19. The fraction of sp³-hybridized carbons (Fsp3) is 1.00. The first kappa shape index (κ1) is 9.44. The Morgan fingerprint density at radius 3 is 2.77 bits per heavy atom. The first-order valence-electron chi connectivity index (χ1n) is 5.44. The van der Waals surface area contributed by atoms with Crippen LogP contribution in [0, 0.1) is 11.8 Å². The molecule has 2 heterocycles. The van der Waals surface area contributed by atoms with E-state index in [0.29, 0.717) is 6.61 Å². The largest absolute Gasteiger partial charge is 0.395 e. The summed E-state index contributed by atoms with van der Waals surface area (Å²) in [4.78, 5) is 2.41. The predicted octanol–water partition coefficient (Wildman–Crippen LogP) is -0.0899. The van der Waals surface area contributed by atoms with E-state index in [4.69, 9.17) is 5.11 Å². The maximum atomic E-state index is 8.86. The summed E-state index contributed by atoms with van der Waals surface area (Å²) in [5.41, 5.74) is 0. The molecule has 76 valence electrons. The second-order valence-corrected chi connectivity index (χ2v) is 4.34. The zero-order chi connectivity index (χ0) is 9.10. The quantitative estimate of drug-likeness (QED) is 0.643. The zero-order valence-electron chi connectivity index (χ0n) is 8.21. The normalized spacial score (nSPS) is 31.6. The first-order valence-corrected chi connectivity index (χ1v) is 5.44. The van der Waals surface area contributed by atoms with Crippen LogP contribution in [-0.4, -0.2) is 49.3 Å². The molecule has 0 aromatic carbocycles. The lowest BCUT2D eigenvalue weighted by Gasteiger charge is -2.41. The first-order chi connectivity index (χ1) is 6.40. The summed E-state index contributed by atoms with van der Waals surface area (Å²) < 4.78 is 0. The number of nitrogens with one attached hydrogen (secondary N) is 1. The minimum Gasteiger partial charge on any atom is -0.395 e. The van der Waals surface area contributed by atoms with Crippen molar-refractivity contribution in [3.63, 3.8) is 0 Å². The summed E-state index contributed by atoms with van der Waals surface area (Å²) >= 11 is 0. The number of nitrogens with zero attached hydrogens (tertiary/aromatic N) is 1. The van der Waals surface area contributed by atoms with Crippen LogP contribution in [0.3, 0.4) is 0 Å². The maximum Gasteiger partial charge on any atom is 0.0558 e. The summed E-state index contributed by atoms with van der Waals surface area (Å²) in [6.07, 6.45) is 2.72. The molecular formula is C10H20N2O. The number of rotatable bonds is 3. The molecule has 2 rings (SSSR count). The van der Waals surface area contributed by atoms with Gasteiger partial charge in [0.15, 0.2) is 0 Å². The van der Waals surface area contributed by atoms with Gasteiger partial charge in [-0.2, -0.15) is 0 Å². The van der Waals surface area contributed by atoms with Crippen LogP contribution in [0.4, 0.5) is 0 Å². The van der Waals surface area contributed by atoms with Crippen molar-refractivity contribution in [1.82, 2.24) is 10.2 Å². The maximum absolute atomic E-state index is 8.86.